The van der Waals surface area contributed by atoms with Gasteiger partial charge in [-0.1, -0.05) is 13.3 Å². The van der Waals surface area contributed by atoms with Crippen molar-refractivity contribution in [3.63, 3.8) is 0 Å². The Bertz CT molecular complexity index is 955. The molecule has 4 heterocycles. The number of nitrogen functional groups attached to an aromatic ring is 1. The minimum absolute atomic E-state index is 0.126. The van der Waals surface area contributed by atoms with Gasteiger partial charge in [0.05, 0.1) is 22.4 Å². The summed E-state index contributed by atoms with van der Waals surface area (Å²) in [6.45, 7) is 7.12. The fourth-order valence-electron chi connectivity index (χ4n) is 4.02. The van der Waals surface area contributed by atoms with Crippen molar-refractivity contribution in [1.82, 2.24) is 19.9 Å². The van der Waals surface area contributed by atoms with Gasteiger partial charge in [0.15, 0.2) is 0 Å². The summed E-state index contributed by atoms with van der Waals surface area (Å²) in [5.74, 6) is 0.271. The van der Waals surface area contributed by atoms with Crippen LogP contribution in [0.4, 0.5) is 11.6 Å². The van der Waals surface area contributed by atoms with Gasteiger partial charge in [0.1, 0.15) is 5.65 Å². The fraction of sp³-hybridized carbons (Fsp3) is 0.476. The molecule has 0 aromatic carbocycles. The number of unbranched alkanes of at least 4 members (excludes halogenated alkanes) is 1. The van der Waals surface area contributed by atoms with Crippen LogP contribution in [0.3, 0.4) is 0 Å². The Morgan fingerprint density at radius 3 is 2.96 bits per heavy atom. The normalized spacial score (nSPS) is 20.0. The zero-order valence-corrected chi connectivity index (χ0v) is 16.6. The Morgan fingerprint density at radius 2 is 2.14 bits per heavy atom. The van der Waals surface area contributed by atoms with Crippen LogP contribution in [-0.4, -0.2) is 45.2 Å². The maximum absolute atomic E-state index is 6.28. The molecule has 0 amide bonds. The van der Waals surface area contributed by atoms with Crippen LogP contribution in [0.2, 0.25) is 0 Å². The van der Waals surface area contributed by atoms with Crippen molar-refractivity contribution in [2.24, 2.45) is 0 Å². The summed E-state index contributed by atoms with van der Waals surface area (Å²) in [5, 5.41) is 1.07. The van der Waals surface area contributed by atoms with E-state index in [4.69, 9.17) is 10.5 Å². The standard InChI is InChI=1S/C21H28N6O/c1-3-4-12-28-21(2)8-5-11-27(14-21)17-7-10-23-19-18(17)15(13-25-19)16-6-9-24-20(22)26-16/h6-7,9-10,13H,3-5,8,11-12,14H2,1-2H3,(H,23,25)(H2,22,24,26). The largest absolute Gasteiger partial charge is 0.373 e. The van der Waals surface area contributed by atoms with Crippen molar-refractivity contribution in [2.75, 3.05) is 30.3 Å². The number of aromatic amines is 1. The molecule has 1 aliphatic heterocycles. The summed E-state index contributed by atoms with van der Waals surface area (Å²) >= 11 is 0. The van der Waals surface area contributed by atoms with Crippen molar-refractivity contribution in [1.29, 1.82) is 0 Å². The monoisotopic (exact) mass is 380 g/mol. The van der Waals surface area contributed by atoms with Crippen molar-refractivity contribution < 1.29 is 4.74 Å². The number of hydrogen-bond donors (Lipinski definition) is 2. The van der Waals surface area contributed by atoms with E-state index in [1.54, 1.807) is 6.20 Å². The molecule has 1 fully saturated rings. The minimum atomic E-state index is -0.126. The van der Waals surface area contributed by atoms with Crippen molar-refractivity contribution in [3.05, 3.63) is 30.7 Å². The van der Waals surface area contributed by atoms with Crippen LogP contribution in [0.5, 0.6) is 0 Å². The highest BCUT2D eigenvalue weighted by Crippen LogP contribution is 2.37. The van der Waals surface area contributed by atoms with Crippen LogP contribution < -0.4 is 10.6 Å². The van der Waals surface area contributed by atoms with E-state index in [1.165, 1.54) is 0 Å². The minimum Gasteiger partial charge on any atom is -0.373 e. The molecule has 0 saturated carbocycles. The SMILES string of the molecule is CCCCOC1(C)CCCN(c2ccnc3[nH]cc(-c4ccnc(N)n4)c23)C1. The van der Waals surface area contributed by atoms with Gasteiger partial charge in [-0.2, -0.15) is 0 Å². The number of nitrogens with one attached hydrogen (secondary N) is 1. The van der Waals surface area contributed by atoms with Gasteiger partial charge in [-0.05, 0) is 38.3 Å². The number of rotatable bonds is 6. The lowest BCUT2D eigenvalue weighted by atomic mass is 9.93. The Labute approximate surface area is 165 Å². The van der Waals surface area contributed by atoms with Gasteiger partial charge in [0.25, 0.3) is 0 Å². The molecular formula is C21H28N6O. The summed E-state index contributed by atoms with van der Waals surface area (Å²) < 4.78 is 6.28. The van der Waals surface area contributed by atoms with Crippen LogP contribution in [0, 0.1) is 0 Å². The lowest BCUT2D eigenvalue weighted by Gasteiger charge is -2.41. The van der Waals surface area contributed by atoms with E-state index in [1.807, 2.05) is 18.5 Å². The Balaban J connectivity index is 1.70. The first-order valence-electron chi connectivity index (χ1n) is 10.0. The van der Waals surface area contributed by atoms with Crippen LogP contribution in [-0.2, 0) is 4.74 Å². The molecule has 0 spiro atoms. The third-order valence-electron chi connectivity index (χ3n) is 5.45. The van der Waals surface area contributed by atoms with Crippen molar-refractivity contribution in [2.45, 2.75) is 45.1 Å². The zero-order chi connectivity index (χ0) is 19.6. The first kappa shape index (κ1) is 18.7. The molecule has 4 rings (SSSR count). The number of H-pyrrole nitrogens is 1. The third kappa shape index (κ3) is 3.67. The number of pyridine rings is 1. The van der Waals surface area contributed by atoms with E-state index in [2.05, 4.69) is 44.7 Å². The predicted octanol–water partition coefficient (Wildman–Crippen LogP) is 3.78. The second-order valence-electron chi connectivity index (χ2n) is 7.73. The van der Waals surface area contributed by atoms with Gasteiger partial charge >= 0.3 is 0 Å². The van der Waals surface area contributed by atoms with Gasteiger partial charge in [-0.25, -0.2) is 15.0 Å². The van der Waals surface area contributed by atoms with E-state index in [0.717, 1.165) is 73.4 Å². The first-order valence-corrected chi connectivity index (χ1v) is 10.0. The van der Waals surface area contributed by atoms with Crippen molar-refractivity contribution >= 4 is 22.7 Å². The highest BCUT2D eigenvalue weighted by molar-refractivity contribution is 6.02. The molecule has 1 unspecified atom stereocenters. The summed E-state index contributed by atoms with van der Waals surface area (Å²) in [6.07, 6.45) is 9.94. The van der Waals surface area contributed by atoms with Crippen LogP contribution in [0.25, 0.3) is 22.3 Å². The quantitative estimate of drug-likeness (QED) is 0.632. The molecule has 3 aromatic heterocycles. The summed E-state index contributed by atoms with van der Waals surface area (Å²) in [6, 6.07) is 3.96. The second kappa shape index (κ2) is 7.75. The number of ether oxygens (including phenoxy) is 1. The predicted molar refractivity (Wildman–Crippen MR) is 112 cm³/mol. The summed E-state index contributed by atoms with van der Waals surface area (Å²) in [7, 11) is 0. The topological polar surface area (TPSA) is 93.0 Å². The molecule has 3 N–H and O–H groups in total. The highest BCUT2D eigenvalue weighted by atomic mass is 16.5. The maximum atomic E-state index is 6.28. The lowest BCUT2D eigenvalue weighted by molar-refractivity contribution is -0.0410. The summed E-state index contributed by atoms with van der Waals surface area (Å²) in [5.41, 5.74) is 9.48. The molecule has 7 heteroatoms. The molecule has 1 atom stereocenters. The second-order valence-corrected chi connectivity index (χ2v) is 7.73. The zero-order valence-electron chi connectivity index (χ0n) is 16.6. The van der Waals surface area contributed by atoms with Gasteiger partial charge < -0.3 is 20.4 Å². The Kier molecular flexibility index (Phi) is 5.17. The molecule has 148 valence electrons. The van der Waals surface area contributed by atoms with Gasteiger partial charge in [-0.3, -0.25) is 0 Å². The number of anilines is 2. The Morgan fingerprint density at radius 1 is 1.29 bits per heavy atom. The molecule has 3 aromatic rings. The van der Waals surface area contributed by atoms with Gasteiger partial charge in [-0.15, -0.1) is 0 Å². The Hall–Kier alpha value is -2.67. The number of fused-ring (bicyclic) bond motifs is 1. The molecule has 0 aliphatic carbocycles. The summed E-state index contributed by atoms with van der Waals surface area (Å²) in [4.78, 5) is 18.6. The molecule has 1 aliphatic rings. The van der Waals surface area contributed by atoms with E-state index < -0.39 is 0 Å². The third-order valence-corrected chi connectivity index (χ3v) is 5.45. The fourth-order valence-corrected chi connectivity index (χ4v) is 4.02. The lowest BCUT2D eigenvalue weighted by Crippen LogP contribution is -2.48. The number of hydrogen-bond acceptors (Lipinski definition) is 6. The number of nitrogens with two attached hydrogens (primary N) is 1. The van der Waals surface area contributed by atoms with Gasteiger partial charge in [0, 0.05) is 43.9 Å². The van der Waals surface area contributed by atoms with E-state index >= 15 is 0 Å². The van der Waals surface area contributed by atoms with E-state index in [-0.39, 0.29) is 11.5 Å². The van der Waals surface area contributed by atoms with E-state index in [0.29, 0.717) is 0 Å². The molecule has 0 bridgehead atoms. The maximum Gasteiger partial charge on any atom is 0.220 e. The van der Waals surface area contributed by atoms with Crippen LogP contribution >= 0.6 is 0 Å². The molecule has 7 nitrogen and oxygen atoms in total. The molecular weight excluding hydrogens is 352 g/mol. The highest BCUT2D eigenvalue weighted by Gasteiger charge is 2.33. The van der Waals surface area contributed by atoms with Gasteiger partial charge in [0.2, 0.25) is 5.95 Å². The molecule has 0 radical (unpaired) electrons. The number of piperidine rings is 1. The number of aromatic nitrogens is 4. The average molecular weight is 380 g/mol. The molecule has 28 heavy (non-hydrogen) atoms. The average Bonchev–Trinajstić information content (AvgIpc) is 3.12. The number of nitrogens with zero attached hydrogens (tertiary/aromatic N) is 4. The molecule has 1 saturated heterocycles. The first-order chi connectivity index (χ1) is 13.6. The van der Waals surface area contributed by atoms with Crippen molar-refractivity contribution in [3.8, 4) is 11.3 Å². The van der Waals surface area contributed by atoms with Crippen LogP contribution in [0.1, 0.15) is 39.5 Å². The van der Waals surface area contributed by atoms with Crippen LogP contribution in [0.15, 0.2) is 30.7 Å². The van der Waals surface area contributed by atoms with E-state index in [9.17, 15) is 0 Å². The smallest absolute Gasteiger partial charge is 0.220 e.